The summed E-state index contributed by atoms with van der Waals surface area (Å²) in [6.45, 7) is 4.11. The average Bonchev–Trinajstić information content (AvgIpc) is 2.17. The minimum absolute atomic E-state index is 0. The first-order valence-electron chi connectivity index (χ1n) is 4.06. The van der Waals surface area contributed by atoms with Gasteiger partial charge in [0.1, 0.15) is 6.61 Å². The third-order valence-corrected chi connectivity index (χ3v) is 1.48. The molecule has 0 heterocycles. The average molecular weight is 217 g/mol. The minimum atomic E-state index is -0.432. The summed E-state index contributed by atoms with van der Waals surface area (Å²) in [5, 5.41) is 2.44. The molecule has 0 atom stereocenters. The fourth-order valence-corrected chi connectivity index (χ4v) is 0.876. The van der Waals surface area contributed by atoms with E-state index in [-0.39, 0.29) is 51.4 Å². The van der Waals surface area contributed by atoms with Crippen molar-refractivity contribution in [3.8, 4) is 0 Å². The number of alkyl carbamates (subject to hydrolysis) is 1. The van der Waals surface area contributed by atoms with E-state index in [1.165, 1.54) is 0 Å². The Labute approximate surface area is 127 Å². The number of ether oxygens (including phenoxy) is 1. The van der Waals surface area contributed by atoms with Crippen LogP contribution in [0.3, 0.4) is 0 Å². The Morgan fingerprint density at radius 2 is 2.00 bits per heavy atom. The molecule has 0 saturated heterocycles. The van der Waals surface area contributed by atoms with E-state index in [2.05, 4.69) is 12.2 Å². The zero-order chi connectivity index (χ0) is 9.52. The van der Waals surface area contributed by atoms with Gasteiger partial charge in [-0.3, -0.25) is 0 Å². The van der Waals surface area contributed by atoms with E-state index in [0.29, 0.717) is 13.2 Å². The SMILES string of the molecule is [CH2-]CNC(=O)OCc1ccccc1.[K+]. The van der Waals surface area contributed by atoms with Crippen LogP contribution in [0.15, 0.2) is 30.3 Å². The molecule has 70 valence electrons. The van der Waals surface area contributed by atoms with Gasteiger partial charge < -0.3 is 17.0 Å². The largest absolute Gasteiger partial charge is 1.00 e. The number of nitrogens with one attached hydrogen (secondary N) is 1. The third-order valence-electron chi connectivity index (χ3n) is 1.48. The smallest absolute Gasteiger partial charge is 0.445 e. The predicted octanol–water partition coefficient (Wildman–Crippen LogP) is -1.25. The molecule has 0 radical (unpaired) electrons. The molecule has 0 aromatic heterocycles. The molecule has 1 aromatic carbocycles. The Hall–Kier alpha value is 0.126. The fourth-order valence-electron chi connectivity index (χ4n) is 0.876. The van der Waals surface area contributed by atoms with Crippen molar-refractivity contribution in [1.29, 1.82) is 0 Å². The van der Waals surface area contributed by atoms with Crippen molar-refractivity contribution in [3.05, 3.63) is 42.8 Å². The number of carbonyl (C=O) groups is 1. The summed E-state index contributed by atoms with van der Waals surface area (Å²) in [5.41, 5.74) is 0.974. The van der Waals surface area contributed by atoms with Crippen LogP contribution in [0.25, 0.3) is 0 Å². The Bertz CT molecular complexity index is 264. The molecule has 1 amide bonds. The second-order valence-electron chi connectivity index (χ2n) is 2.49. The minimum Gasteiger partial charge on any atom is -0.445 e. The molecule has 0 bridgehead atoms. The van der Waals surface area contributed by atoms with Gasteiger partial charge in [0, 0.05) is 0 Å². The Morgan fingerprint density at radius 3 is 2.57 bits per heavy atom. The summed E-state index contributed by atoms with van der Waals surface area (Å²) < 4.78 is 4.88. The molecule has 1 N–H and O–H groups in total. The van der Waals surface area contributed by atoms with E-state index < -0.39 is 6.09 Å². The monoisotopic (exact) mass is 217 g/mol. The van der Waals surface area contributed by atoms with Gasteiger partial charge in [0.15, 0.2) is 0 Å². The van der Waals surface area contributed by atoms with Crippen LogP contribution in [-0.2, 0) is 11.3 Å². The second-order valence-corrected chi connectivity index (χ2v) is 2.49. The van der Waals surface area contributed by atoms with E-state index in [9.17, 15) is 4.79 Å². The van der Waals surface area contributed by atoms with Crippen molar-refractivity contribution in [2.45, 2.75) is 6.61 Å². The molecule has 0 aliphatic carbocycles. The number of hydrogen-bond donors (Lipinski definition) is 1. The topological polar surface area (TPSA) is 38.3 Å². The second kappa shape index (κ2) is 8.44. The summed E-state index contributed by atoms with van der Waals surface area (Å²) >= 11 is 0. The van der Waals surface area contributed by atoms with Crippen LogP contribution in [0.2, 0.25) is 0 Å². The molecule has 0 aliphatic rings. The Kier molecular flexibility index (Phi) is 8.51. The molecule has 0 aliphatic heterocycles. The van der Waals surface area contributed by atoms with Gasteiger partial charge in [-0.05, 0) is 5.56 Å². The summed E-state index contributed by atoms with van der Waals surface area (Å²) in [4.78, 5) is 10.8. The summed E-state index contributed by atoms with van der Waals surface area (Å²) in [6, 6.07) is 9.52. The van der Waals surface area contributed by atoms with Gasteiger partial charge >= 0.3 is 57.5 Å². The number of carbonyl (C=O) groups excluding carboxylic acids is 1. The zero-order valence-corrected chi connectivity index (χ0v) is 11.4. The first-order chi connectivity index (χ1) is 6.33. The molecule has 0 spiro atoms. The maximum Gasteiger partial charge on any atom is 1.00 e. The fraction of sp³-hybridized carbons (Fsp3) is 0.200. The van der Waals surface area contributed by atoms with Gasteiger partial charge in [-0.15, -0.1) is 6.54 Å². The van der Waals surface area contributed by atoms with Gasteiger partial charge in [0.05, 0.1) is 0 Å². The van der Waals surface area contributed by atoms with Gasteiger partial charge in [-0.2, -0.15) is 0 Å². The van der Waals surface area contributed by atoms with Crippen molar-refractivity contribution in [2.75, 3.05) is 6.54 Å². The maximum absolute atomic E-state index is 10.8. The normalized spacial score (nSPS) is 8.64. The third kappa shape index (κ3) is 5.77. The number of hydrogen-bond acceptors (Lipinski definition) is 2. The number of rotatable bonds is 3. The standard InChI is InChI=1S/C10H12NO2.K/c1-2-11-10(12)13-8-9-6-4-3-5-7-9;/h3-7H,1-2,8H2,(H,11,12);/q-1;+1. The molecular formula is C10H12KNO2. The van der Waals surface area contributed by atoms with Crippen LogP contribution < -0.4 is 56.7 Å². The van der Waals surface area contributed by atoms with E-state index in [0.717, 1.165) is 5.56 Å². The van der Waals surface area contributed by atoms with E-state index in [1.807, 2.05) is 30.3 Å². The van der Waals surface area contributed by atoms with Crippen molar-refractivity contribution >= 4 is 6.09 Å². The van der Waals surface area contributed by atoms with E-state index in [4.69, 9.17) is 4.74 Å². The Balaban J connectivity index is 0.00000169. The van der Waals surface area contributed by atoms with Crippen LogP contribution in [0.1, 0.15) is 5.56 Å². The number of amides is 1. The molecular weight excluding hydrogens is 205 g/mol. The quantitative estimate of drug-likeness (QED) is 0.507. The molecule has 14 heavy (non-hydrogen) atoms. The van der Waals surface area contributed by atoms with Crippen molar-refractivity contribution in [1.82, 2.24) is 5.32 Å². The predicted molar refractivity (Wildman–Crippen MR) is 50.0 cm³/mol. The molecule has 0 fully saturated rings. The molecule has 0 saturated carbocycles. The first-order valence-corrected chi connectivity index (χ1v) is 4.06. The van der Waals surface area contributed by atoms with Crippen LogP contribution in [0.5, 0.6) is 0 Å². The van der Waals surface area contributed by atoms with Crippen LogP contribution in [0.4, 0.5) is 4.79 Å². The van der Waals surface area contributed by atoms with Gasteiger partial charge in [-0.25, -0.2) is 4.79 Å². The summed E-state index contributed by atoms with van der Waals surface area (Å²) in [6.07, 6.45) is -0.432. The van der Waals surface area contributed by atoms with Crippen molar-refractivity contribution in [3.63, 3.8) is 0 Å². The molecule has 3 nitrogen and oxygen atoms in total. The molecule has 0 unspecified atom stereocenters. The van der Waals surface area contributed by atoms with Gasteiger partial charge in [0.25, 0.3) is 0 Å². The summed E-state index contributed by atoms with van der Waals surface area (Å²) in [7, 11) is 0. The van der Waals surface area contributed by atoms with E-state index >= 15 is 0 Å². The van der Waals surface area contributed by atoms with Gasteiger partial charge in [-0.1, -0.05) is 30.3 Å². The number of benzene rings is 1. The van der Waals surface area contributed by atoms with Crippen LogP contribution in [0, 0.1) is 6.92 Å². The molecule has 4 heteroatoms. The summed E-state index contributed by atoms with van der Waals surface area (Å²) in [5.74, 6) is 0. The maximum atomic E-state index is 10.8. The van der Waals surface area contributed by atoms with Crippen LogP contribution in [-0.4, -0.2) is 12.6 Å². The molecule has 1 aromatic rings. The van der Waals surface area contributed by atoms with Crippen LogP contribution >= 0.6 is 0 Å². The zero-order valence-electron chi connectivity index (χ0n) is 8.32. The van der Waals surface area contributed by atoms with Crippen molar-refractivity contribution < 1.29 is 60.9 Å². The first kappa shape index (κ1) is 14.1. The van der Waals surface area contributed by atoms with Gasteiger partial charge in [0.2, 0.25) is 0 Å². The Morgan fingerprint density at radius 1 is 1.36 bits per heavy atom. The molecule has 1 rings (SSSR count). The van der Waals surface area contributed by atoms with E-state index in [1.54, 1.807) is 0 Å². The van der Waals surface area contributed by atoms with Crippen molar-refractivity contribution in [2.24, 2.45) is 0 Å².